The van der Waals surface area contributed by atoms with Gasteiger partial charge < -0.3 is 10.6 Å². The summed E-state index contributed by atoms with van der Waals surface area (Å²) in [5.41, 5.74) is 3.41. The molecule has 1 aromatic heterocycles. The minimum absolute atomic E-state index is 0.0451. The van der Waals surface area contributed by atoms with Crippen LogP contribution >= 0.6 is 0 Å². The Morgan fingerprint density at radius 2 is 1.95 bits per heavy atom. The van der Waals surface area contributed by atoms with E-state index in [2.05, 4.69) is 50.4 Å². The van der Waals surface area contributed by atoms with Crippen LogP contribution in [0.4, 0.5) is 0 Å². The molecule has 0 spiro atoms. The topological polar surface area (TPSA) is 59.0 Å². The molecule has 0 bridgehead atoms. The highest BCUT2D eigenvalue weighted by molar-refractivity contribution is 5.78. The summed E-state index contributed by atoms with van der Waals surface area (Å²) in [7, 11) is 0. The van der Waals surface area contributed by atoms with Crippen LogP contribution < -0.4 is 10.6 Å². The van der Waals surface area contributed by atoms with E-state index in [4.69, 9.17) is 0 Å². The maximum Gasteiger partial charge on any atom is 0.233 e. The molecule has 5 nitrogen and oxygen atoms in total. The van der Waals surface area contributed by atoms with Gasteiger partial charge in [-0.05, 0) is 33.6 Å². The van der Waals surface area contributed by atoms with E-state index in [0.717, 1.165) is 18.8 Å². The predicted octanol–water partition coefficient (Wildman–Crippen LogP) is 1.94. The van der Waals surface area contributed by atoms with Gasteiger partial charge in [-0.1, -0.05) is 13.8 Å². The molecule has 5 heteroatoms. The van der Waals surface area contributed by atoms with Crippen molar-refractivity contribution in [1.82, 2.24) is 20.4 Å². The van der Waals surface area contributed by atoms with E-state index in [1.54, 1.807) is 0 Å². The molecule has 114 valence electrons. The molecule has 0 aliphatic carbocycles. The number of carbonyl (C=O) groups excluding carboxylic acids is 1. The van der Waals surface area contributed by atoms with E-state index >= 15 is 0 Å². The molecule has 0 aromatic carbocycles. The Balaban J connectivity index is 2.57. The molecular weight excluding hydrogens is 252 g/mol. The fourth-order valence-electron chi connectivity index (χ4n) is 2.37. The van der Waals surface area contributed by atoms with Crippen molar-refractivity contribution < 1.29 is 4.79 Å². The molecule has 1 amide bonds. The molecule has 1 heterocycles. The number of amides is 1. The molecule has 0 aliphatic rings. The van der Waals surface area contributed by atoms with Crippen LogP contribution in [0.15, 0.2) is 0 Å². The van der Waals surface area contributed by atoms with Gasteiger partial charge in [-0.2, -0.15) is 5.10 Å². The molecule has 0 radical (unpaired) electrons. The first-order valence-corrected chi connectivity index (χ1v) is 7.40. The van der Waals surface area contributed by atoms with E-state index < -0.39 is 0 Å². The van der Waals surface area contributed by atoms with Crippen LogP contribution in [0.25, 0.3) is 0 Å². The van der Waals surface area contributed by atoms with E-state index in [1.807, 2.05) is 11.6 Å². The summed E-state index contributed by atoms with van der Waals surface area (Å²) in [6.45, 7) is 14.4. The van der Waals surface area contributed by atoms with Crippen LogP contribution in [0.3, 0.4) is 0 Å². The zero-order valence-electron chi connectivity index (χ0n) is 13.6. The van der Waals surface area contributed by atoms with Gasteiger partial charge in [0.15, 0.2) is 0 Å². The van der Waals surface area contributed by atoms with Crippen LogP contribution in [-0.4, -0.2) is 28.8 Å². The van der Waals surface area contributed by atoms with Crippen molar-refractivity contribution in [3.63, 3.8) is 0 Å². The first kappa shape index (κ1) is 16.7. The van der Waals surface area contributed by atoms with Gasteiger partial charge >= 0.3 is 0 Å². The number of nitrogens with one attached hydrogen (secondary N) is 2. The molecule has 1 rings (SSSR count). The largest absolute Gasteiger partial charge is 0.355 e. The third kappa shape index (κ3) is 4.34. The number of aromatic nitrogens is 2. The third-order valence-corrected chi connectivity index (χ3v) is 3.45. The number of nitrogens with zero attached hydrogens (tertiary/aromatic N) is 2. The monoisotopic (exact) mass is 280 g/mol. The van der Waals surface area contributed by atoms with Crippen LogP contribution in [0, 0.1) is 19.8 Å². The van der Waals surface area contributed by atoms with Gasteiger partial charge in [-0.3, -0.25) is 9.48 Å². The molecule has 1 atom stereocenters. The SMILES string of the molecule is CCn1nc(C)c(C(C)NCC(=O)NCC(C)C)c1C. The Bertz CT molecular complexity index is 451. The number of hydrogen-bond donors (Lipinski definition) is 2. The summed E-state index contributed by atoms with van der Waals surface area (Å²) in [5.74, 6) is 0.521. The van der Waals surface area contributed by atoms with E-state index in [-0.39, 0.29) is 11.9 Å². The van der Waals surface area contributed by atoms with Crippen LogP contribution in [0.5, 0.6) is 0 Å². The van der Waals surface area contributed by atoms with Crippen molar-refractivity contribution in [3.05, 3.63) is 17.0 Å². The van der Waals surface area contributed by atoms with E-state index in [1.165, 1.54) is 11.3 Å². The highest BCUT2D eigenvalue weighted by Crippen LogP contribution is 2.20. The number of rotatable bonds is 7. The number of aryl methyl sites for hydroxylation is 2. The van der Waals surface area contributed by atoms with Crippen molar-refractivity contribution in [2.45, 2.75) is 54.1 Å². The smallest absolute Gasteiger partial charge is 0.233 e. The van der Waals surface area contributed by atoms with Crippen LogP contribution in [0.1, 0.15) is 50.7 Å². The fraction of sp³-hybridized carbons (Fsp3) is 0.733. The van der Waals surface area contributed by atoms with Gasteiger partial charge in [0.05, 0.1) is 12.2 Å². The summed E-state index contributed by atoms with van der Waals surface area (Å²) in [5, 5.41) is 10.7. The van der Waals surface area contributed by atoms with Crippen molar-refractivity contribution >= 4 is 5.91 Å². The van der Waals surface area contributed by atoms with Gasteiger partial charge in [-0.25, -0.2) is 0 Å². The van der Waals surface area contributed by atoms with Gasteiger partial charge in [0.1, 0.15) is 0 Å². The Hall–Kier alpha value is -1.36. The lowest BCUT2D eigenvalue weighted by Crippen LogP contribution is -2.36. The Kier molecular flexibility index (Phi) is 6.20. The third-order valence-electron chi connectivity index (χ3n) is 3.45. The lowest BCUT2D eigenvalue weighted by Gasteiger charge is -2.15. The molecule has 1 unspecified atom stereocenters. The maximum atomic E-state index is 11.7. The number of hydrogen-bond acceptors (Lipinski definition) is 3. The standard InChI is InChI=1S/C15H28N4O/c1-7-19-13(6)15(12(5)18-19)11(4)16-9-14(20)17-8-10(2)3/h10-11,16H,7-9H2,1-6H3,(H,17,20). The summed E-state index contributed by atoms with van der Waals surface area (Å²) in [6.07, 6.45) is 0. The van der Waals surface area contributed by atoms with Crippen molar-refractivity contribution in [2.24, 2.45) is 5.92 Å². The average Bonchev–Trinajstić information content (AvgIpc) is 2.68. The Morgan fingerprint density at radius 3 is 2.45 bits per heavy atom. The van der Waals surface area contributed by atoms with Gasteiger partial charge in [0, 0.05) is 30.4 Å². The van der Waals surface area contributed by atoms with E-state index in [9.17, 15) is 4.79 Å². The molecule has 20 heavy (non-hydrogen) atoms. The molecule has 0 aliphatic heterocycles. The molecule has 0 saturated carbocycles. The first-order valence-electron chi connectivity index (χ1n) is 7.40. The van der Waals surface area contributed by atoms with Crippen molar-refractivity contribution in [1.29, 1.82) is 0 Å². The quantitative estimate of drug-likeness (QED) is 0.802. The Labute approximate surface area is 122 Å². The van der Waals surface area contributed by atoms with Crippen molar-refractivity contribution in [3.8, 4) is 0 Å². The Morgan fingerprint density at radius 1 is 1.30 bits per heavy atom. The van der Waals surface area contributed by atoms with Crippen LogP contribution in [-0.2, 0) is 11.3 Å². The average molecular weight is 280 g/mol. The highest BCUT2D eigenvalue weighted by Gasteiger charge is 2.17. The summed E-state index contributed by atoms with van der Waals surface area (Å²) >= 11 is 0. The predicted molar refractivity (Wildman–Crippen MR) is 81.6 cm³/mol. The maximum absolute atomic E-state index is 11.7. The zero-order valence-corrected chi connectivity index (χ0v) is 13.6. The molecule has 0 fully saturated rings. The second-order valence-corrected chi connectivity index (χ2v) is 5.70. The minimum Gasteiger partial charge on any atom is -0.355 e. The molecule has 2 N–H and O–H groups in total. The fourth-order valence-corrected chi connectivity index (χ4v) is 2.37. The van der Waals surface area contributed by atoms with Gasteiger partial charge in [0.2, 0.25) is 5.91 Å². The summed E-state index contributed by atoms with van der Waals surface area (Å²) in [4.78, 5) is 11.7. The highest BCUT2D eigenvalue weighted by atomic mass is 16.1. The summed E-state index contributed by atoms with van der Waals surface area (Å²) in [6, 6.07) is 0.125. The molecular formula is C15H28N4O. The zero-order chi connectivity index (χ0) is 15.3. The minimum atomic E-state index is 0.0451. The first-order chi connectivity index (χ1) is 9.36. The molecule has 1 aromatic rings. The lowest BCUT2D eigenvalue weighted by atomic mass is 10.1. The molecule has 0 saturated heterocycles. The van der Waals surface area contributed by atoms with E-state index in [0.29, 0.717) is 12.5 Å². The second-order valence-electron chi connectivity index (χ2n) is 5.70. The van der Waals surface area contributed by atoms with Gasteiger partial charge in [0.25, 0.3) is 0 Å². The second kappa shape index (κ2) is 7.43. The normalized spacial score (nSPS) is 12.8. The lowest BCUT2D eigenvalue weighted by molar-refractivity contribution is -0.120. The van der Waals surface area contributed by atoms with Crippen molar-refractivity contribution in [2.75, 3.05) is 13.1 Å². The van der Waals surface area contributed by atoms with Crippen LogP contribution in [0.2, 0.25) is 0 Å². The summed E-state index contributed by atoms with van der Waals surface area (Å²) < 4.78 is 2.00. The number of carbonyl (C=O) groups is 1. The van der Waals surface area contributed by atoms with Gasteiger partial charge in [-0.15, -0.1) is 0 Å².